The third kappa shape index (κ3) is 5.42. The van der Waals surface area contributed by atoms with Crippen LogP contribution in [0.15, 0.2) is 24.3 Å². The monoisotopic (exact) mass is 290 g/mol. The van der Waals surface area contributed by atoms with E-state index >= 15 is 0 Å². The largest absolute Gasteiger partial charge is 0.393 e. The smallest absolute Gasteiger partial charge is 0.0564 e. The molecule has 0 bridgehead atoms. The maximum Gasteiger partial charge on any atom is 0.0564 e. The number of piperidine rings is 1. The number of aliphatic hydroxyl groups excluding tert-OH is 1. The Kier molecular flexibility index (Phi) is 6.68. The number of rotatable bonds is 7. The summed E-state index contributed by atoms with van der Waals surface area (Å²) in [6, 6.07) is 8.74. The summed E-state index contributed by atoms with van der Waals surface area (Å²) in [6.07, 6.45) is 2.96. The van der Waals surface area contributed by atoms with Gasteiger partial charge in [0.1, 0.15) is 0 Å². The lowest BCUT2D eigenvalue weighted by Gasteiger charge is -2.30. The number of likely N-dealkylation sites (tertiary alicyclic amines) is 1. The summed E-state index contributed by atoms with van der Waals surface area (Å²) in [6.45, 7) is 9.60. The molecule has 0 aliphatic carbocycles. The van der Waals surface area contributed by atoms with Crippen molar-refractivity contribution in [3.63, 3.8) is 0 Å². The SMILES string of the molecule is CCC(C)CNCc1ccccc1CN1CCC(O)CC1. The van der Waals surface area contributed by atoms with E-state index in [0.29, 0.717) is 0 Å². The van der Waals surface area contributed by atoms with E-state index in [9.17, 15) is 5.11 Å². The second-order valence-corrected chi connectivity index (χ2v) is 6.42. The van der Waals surface area contributed by atoms with Crippen molar-refractivity contribution in [1.82, 2.24) is 10.2 Å². The van der Waals surface area contributed by atoms with Gasteiger partial charge in [-0.15, -0.1) is 0 Å². The Labute approximate surface area is 129 Å². The molecule has 1 heterocycles. The molecule has 1 aromatic rings. The van der Waals surface area contributed by atoms with Gasteiger partial charge in [0.05, 0.1) is 6.10 Å². The van der Waals surface area contributed by atoms with E-state index in [1.165, 1.54) is 17.5 Å². The van der Waals surface area contributed by atoms with Gasteiger partial charge in [0.2, 0.25) is 0 Å². The molecule has 1 aliphatic rings. The molecule has 1 saturated heterocycles. The zero-order valence-electron chi connectivity index (χ0n) is 13.5. The molecule has 1 aromatic carbocycles. The number of aliphatic hydroxyl groups is 1. The van der Waals surface area contributed by atoms with Crippen LogP contribution in [0.4, 0.5) is 0 Å². The summed E-state index contributed by atoms with van der Waals surface area (Å²) in [5, 5.41) is 13.2. The van der Waals surface area contributed by atoms with Crippen molar-refractivity contribution < 1.29 is 5.11 Å². The van der Waals surface area contributed by atoms with Crippen molar-refractivity contribution >= 4 is 0 Å². The van der Waals surface area contributed by atoms with Gasteiger partial charge in [-0.1, -0.05) is 44.5 Å². The van der Waals surface area contributed by atoms with Crippen molar-refractivity contribution in [1.29, 1.82) is 0 Å². The molecule has 1 unspecified atom stereocenters. The zero-order valence-corrected chi connectivity index (χ0v) is 13.5. The maximum absolute atomic E-state index is 9.60. The minimum atomic E-state index is -0.0892. The molecule has 1 aliphatic heterocycles. The van der Waals surface area contributed by atoms with Crippen LogP contribution in [0, 0.1) is 5.92 Å². The van der Waals surface area contributed by atoms with Gasteiger partial charge in [-0.3, -0.25) is 4.90 Å². The molecule has 0 aromatic heterocycles. The minimum Gasteiger partial charge on any atom is -0.393 e. The van der Waals surface area contributed by atoms with Crippen LogP contribution in [0.1, 0.15) is 44.2 Å². The van der Waals surface area contributed by atoms with Gasteiger partial charge in [0.25, 0.3) is 0 Å². The van der Waals surface area contributed by atoms with Crippen LogP contribution in [-0.4, -0.2) is 35.7 Å². The molecule has 2 N–H and O–H groups in total. The first kappa shape index (κ1) is 16.5. The molecule has 3 nitrogen and oxygen atoms in total. The van der Waals surface area contributed by atoms with Gasteiger partial charge >= 0.3 is 0 Å². The first-order valence-corrected chi connectivity index (χ1v) is 8.37. The van der Waals surface area contributed by atoms with Crippen molar-refractivity contribution in [3.8, 4) is 0 Å². The van der Waals surface area contributed by atoms with E-state index in [1.54, 1.807) is 0 Å². The fourth-order valence-electron chi connectivity index (χ4n) is 2.80. The Bertz CT molecular complexity index is 413. The van der Waals surface area contributed by atoms with Crippen LogP contribution in [0.3, 0.4) is 0 Å². The predicted octanol–water partition coefficient (Wildman–Crippen LogP) is 2.78. The predicted molar refractivity (Wildman–Crippen MR) is 88.1 cm³/mol. The van der Waals surface area contributed by atoms with Gasteiger partial charge in [0, 0.05) is 26.2 Å². The van der Waals surface area contributed by atoms with Gasteiger partial charge in [-0.2, -0.15) is 0 Å². The lowest BCUT2D eigenvalue weighted by Crippen LogP contribution is -2.35. The quantitative estimate of drug-likeness (QED) is 0.810. The minimum absolute atomic E-state index is 0.0892. The van der Waals surface area contributed by atoms with Crippen LogP contribution < -0.4 is 5.32 Å². The highest BCUT2D eigenvalue weighted by Crippen LogP contribution is 2.16. The molecule has 3 heteroatoms. The lowest BCUT2D eigenvalue weighted by molar-refractivity contribution is 0.0791. The molecule has 0 radical (unpaired) electrons. The molecule has 0 spiro atoms. The van der Waals surface area contributed by atoms with Gasteiger partial charge in [-0.25, -0.2) is 0 Å². The molecule has 0 saturated carbocycles. The summed E-state index contributed by atoms with van der Waals surface area (Å²) in [7, 11) is 0. The standard InChI is InChI=1S/C18H30N2O/c1-3-15(2)12-19-13-16-6-4-5-7-17(16)14-20-10-8-18(21)9-11-20/h4-7,15,18-19,21H,3,8-14H2,1-2H3. The average Bonchev–Trinajstić information content (AvgIpc) is 2.51. The van der Waals surface area contributed by atoms with Crippen molar-refractivity contribution in [2.75, 3.05) is 19.6 Å². The second-order valence-electron chi connectivity index (χ2n) is 6.42. The van der Waals surface area contributed by atoms with E-state index in [-0.39, 0.29) is 6.10 Å². The van der Waals surface area contributed by atoms with Gasteiger partial charge < -0.3 is 10.4 Å². The fourth-order valence-corrected chi connectivity index (χ4v) is 2.80. The topological polar surface area (TPSA) is 35.5 Å². The molecule has 21 heavy (non-hydrogen) atoms. The van der Waals surface area contributed by atoms with Crippen molar-refractivity contribution in [2.24, 2.45) is 5.92 Å². The fraction of sp³-hybridized carbons (Fsp3) is 0.667. The van der Waals surface area contributed by atoms with Gasteiger partial charge in [-0.05, 0) is 36.4 Å². The number of nitrogens with one attached hydrogen (secondary N) is 1. The number of nitrogens with zero attached hydrogens (tertiary/aromatic N) is 1. The highest BCUT2D eigenvalue weighted by atomic mass is 16.3. The summed E-state index contributed by atoms with van der Waals surface area (Å²) in [5.41, 5.74) is 2.83. The highest BCUT2D eigenvalue weighted by molar-refractivity contribution is 5.27. The van der Waals surface area contributed by atoms with Crippen LogP contribution in [0.5, 0.6) is 0 Å². The molecule has 1 atom stereocenters. The molecular weight excluding hydrogens is 260 g/mol. The molecule has 2 rings (SSSR count). The third-order valence-electron chi connectivity index (χ3n) is 4.57. The number of hydrogen-bond acceptors (Lipinski definition) is 3. The number of hydrogen-bond donors (Lipinski definition) is 2. The Hall–Kier alpha value is -0.900. The molecular formula is C18H30N2O. The van der Waals surface area contributed by atoms with Crippen molar-refractivity contribution in [3.05, 3.63) is 35.4 Å². The third-order valence-corrected chi connectivity index (χ3v) is 4.57. The molecule has 0 amide bonds. The van der Waals surface area contributed by atoms with Crippen LogP contribution in [-0.2, 0) is 13.1 Å². The summed E-state index contributed by atoms with van der Waals surface area (Å²) in [5.74, 6) is 0.737. The zero-order chi connectivity index (χ0) is 15.1. The summed E-state index contributed by atoms with van der Waals surface area (Å²) < 4.78 is 0. The summed E-state index contributed by atoms with van der Waals surface area (Å²) in [4.78, 5) is 2.46. The lowest BCUT2D eigenvalue weighted by atomic mass is 10.0. The van der Waals surface area contributed by atoms with Crippen LogP contribution >= 0.6 is 0 Å². The van der Waals surface area contributed by atoms with Gasteiger partial charge in [0.15, 0.2) is 0 Å². The van der Waals surface area contributed by atoms with Crippen molar-refractivity contribution in [2.45, 2.75) is 52.3 Å². The molecule has 118 valence electrons. The van der Waals surface area contributed by atoms with Crippen LogP contribution in [0.2, 0.25) is 0 Å². The van der Waals surface area contributed by atoms with E-state index in [0.717, 1.165) is 51.5 Å². The van der Waals surface area contributed by atoms with Crippen LogP contribution in [0.25, 0.3) is 0 Å². The summed E-state index contributed by atoms with van der Waals surface area (Å²) >= 11 is 0. The Morgan fingerprint density at radius 3 is 2.57 bits per heavy atom. The molecule has 1 fully saturated rings. The first-order chi connectivity index (χ1) is 10.2. The Balaban J connectivity index is 1.87. The Morgan fingerprint density at radius 2 is 1.90 bits per heavy atom. The highest BCUT2D eigenvalue weighted by Gasteiger charge is 2.17. The number of benzene rings is 1. The normalized spacial score (nSPS) is 18.8. The van der Waals surface area contributed by atoms with E-state index in [4.69, 9.17) is 0 Å². The van der Waals surface area contributed by atoms with E-state index in [1.807, 2.05) is 0 Å². The van der Waals surface area contributed by atoms with E-state index in [2.05, 4.69) is 48.3 Å². The second kappa shape index (κ2) is 8.52. The van der Waals surface area contributed by atoms with E-state index < -0.39 is 0 Å². The first-order valence-electron chi connectivity index (χ1n) is 8.37. The maximum atomic E-state index is 9.60. The Morgan fingerprint density at radius 1 is 1.24 bits per heavy atom. The average molecular weight is 290 g/mol.